The van der Waals surface area contributed by atoms with Crippen LogP contribution in [-0.2, 0) is 11.0 Å². The summed E-state index contributed by atoms with van der Waals surface area (Å²) in [7, 11) is 0. The molecule has 2 aromatic rings. The van der Waals surface area contributed by atoms with E-state index in [0.29, 0.717) is 11.4 Å². The summed E-state index contributed by atoms with van der Waals surface area (Å²) in [6.45, 7) is 1.64. The lowest BCUT2D eigenvalue weighted by atomic mass is 9.97. The molecule has 8 heteroatoms. The van der Waals surface area contributed by atoms with E-state index in [2.05, 4.69) is 15.7 Å². The van der Waals surface area contributed by atoms with Crippen molar-refractivity contribution in [2.24, 2.45) is 5.92 Å². The van der Waals surface area contributed by atoms with Crippen LogP contribution in [0.2, 0.25) is 0 Å². The summed E-state index contributed by atoms with van der Waals surface area (Å²) in [5.74, 6) is -0.0795. The SMILES string of the molecule is O=C(Nc1cnn(-c2ccc(C(F)(F)F)cc2)c1)C1CCNCC1. The fourth-order valence-electron chi connectivity index (χ4n) is 2.66. The highest BCUT2D eigenvalue weighted by molar-refractivity contribution is 5.92. The van der Waals surface area contributed by atoms with E-state index < -0.39 is 11.7 Å². The Morgan fingerprint density at radius 3 is 2.50 bits per heavy atom. The molecule has 1 aliphatic heterocycles. The van der Waals surface area contributed by atoms with Crippen molar-refractivity contribution >= 4 is 11.6 Å². The summed E-state index contributed by atoms with van der Waals surface area (Å²) in [5.41, 5.74) is 0.307. The molecule has 1 fully saturated rings. The van der Waals surface area contributed by atoms with Crippen LogP contribution in [-0.4, -0.2) is 28.8 Å². The summed E-state index contributed by atoms with van der Waals surface area (Å²) in [5, 5.41) is 10.1. The molecule has 2 heterocycles. The number of carbonyl (C=O) groups excluding carboxylic acids is 1. The Balaban J connectivity index is 1.67. The molecule has 1 saturated heterocycles. The van der Waals surface area contributed by atoms with Crippen LogP contribution in [0.5, 0.6) is 0 Å². The van der Waals surface area contributed by atoms with Crippen LogP contribution in [0.25, 0.3) is 5.69 Å². The predicted molar refractivity (Wildman–Crippen MR) is 82.8 cm³/mol. The molecule has 1 amide bonds. The average molecular weight is 338 g/mol. The first-order valence-electron chi connectivity index (χ1n) is 7.67. The van der Waals surface area contributed by atoms with E-state index in [4.69, 9.17) is 0 Å². The zero-order chi connectivity index (χ0) is 17.2. The van der Waals surface area contributed by atoms with Crippen LogP contribution in [0.1, 0.15) is 18.4 Å². The van der Waals surface area contributed by atoms with Gasteiger partial charge in [0.2, 0.25) is 5.91 Å². The summed E-state index contributed by atoms with van der Waals surface area (Å²) in [4.78, 5) is 12.2. The highest BCUT2D eigenvalue weighted by Crippen LogP contribution is 2.29. The maximum absolute atomic E-state index is 12.6. The van der Waals surface area contributed by atoms with Crippen molar-refractivity contribution in [3.05, 3.63) is 42.2 Å². The molecule has 1 aliphatic rings. The number of piperidine rings is 1. The van der Waals surface area contributed by atoms with E-state index in [0.717, 1.165) is 38.1 Å². The molecule has 2 N–H and O–H groups in total. The normalized spacial score (nSPS) is 16.1. The van der Waals surface area contributed by atoms with Gasteiger partial charge in [-0.15, -0.1) is 0 Å². The summed E-state index contributed by atoms with van der Waals surface area (Å²) >= 11 is 0. The Bertz CT molecular complexity index is 703. The van der Waals surface area contributed by atoms with E-state index >= 15 is 0 Å². The average Bonchev–Trinajstić information content (AvgIpc) is 3.03. The number of aromatic nitrogens is 2. The second kappa shape index (κ2) is 6.64. The summed E-state index contributed by atoms with van der Waals surface area (Å²) < 4.78 is 39.1. The maximum Gasteiger partial charge on any atom is 0.416 e. The quantitative estimate of drug-likeness (QED) is 0.905. The first-order chi connectivity index (χ1) is 11.4. The van der Waals surface area contributed by atoms with Crippen LogP contribution in [0.3, 0.4) is 0 Å². The minimum absolute atomic E-state index is 0.0272. The molecular formula is C16H17F3N4O. The second-order valence-electron chi connectivity index (χ2n) is 5.73. The van der Waals surface area contributed by atoms with Gasteiger partial charge in [0.25, 0.3) is 0 Å². The number of halogens is 3. The molecule has 0 saturated carbocycles. The Hall–Kier alpha value is -2.35. The third kappa shape index (κ3) is 3.76. The third-order valence-electron chi connectivity index (χ3n) is 4.02. The van der Waals surface area contributed by atoms with Crippen LogP contribution in [0.4, 0.5) is 18.9 Å². The van der Waals surface area contributed by atoms with Crippen molar-refractivity contribution in [3.8, 4) is 5.69 Å². The molecular weight excluding hydrogens is 321 g/mol. The topological polar surface area (TPSA) is 59.0 Å². The van der Waals surface area contributed by atoms with Crippen molar-refractivity contribution in [2.75, 3.05) is 18.4 Å². The van der Waals surface area contributed by atoms with Gasteiger partial charge < -0.3 is 10.6 Å². The number of nitrogens with one attached hydrogen (secondary N) is 2. The number of alkyl halides is 3. The number of nitrogens with zero attached hydrogens (tertiary/aromatic N) is 2. The minimum atomic E-state index is -4.36. The summed E-state index contributed by atoms with van der Waals surface area (Å²) in [6.07, 6.45) is 0.284. The van der Waals surface area contributed by atoms with Crippen LogP contribution in [0.15, 0.2) is 36.7 Å². The van der Waals surface area contributed by atoms with Gasteiger partial charge in [0, 0.05) is 5.92 Å². The molecule has 0 radical (unpaired) electrons. The highest BCUT2D eigenvalue weighted by atomic mass is 19.4. The first kappa shape index (κ1) is 16.5. The monoisotopic (exact) mass is 338 g/mol. The van der Waals surface area contributed by atoms with Gasteiger partial charge in [-0.3, -0.25) is 4.79 Å². The van der Waals surface area contributed by atoms with Gasteiger partial charge in [-0.25, -0.2) is 4.68 Å². The van der Waals surface area contributed by atoms with Crippen LogP contribution >= 0.6 is 0 Å². The molecule has 128 valence electrons. The van der Waals surface area contributed by atoms with Gasteiger partial charge in [0.15, 0.2) is 0 Å². The van der Waals surface area contributed by atoms with E-state index in [1.165, 1.54) is 23.0 Å². The van der Waals surface area contributed by atoms with Gasteiger partial charge in [-0.05, 0) is 50.2 Å². The molecule has 5 nitrogen and oxygen atoms in total. The number of benzene rings is 1. The molecule has 0 aliphatic carbocycles. The van der Waals surface area contributed by atoms with E-state index in [9.17, 15) is 18.0 Å². The second-order valence-corrected chi connectivity index (χ2v) is 5.73. The molecule has 0 atom stereocenters. The smallest absolute Gasteiger partial charge is 0.323 e. The van der Waals surface area contributed by atoms with Gasteiger partial charge in [-0.1, -0.05) is 0 Å². The first-order valence-corrected chi connectivity index (χ1v) is 7.67. The maximum atomic E-state index is 12.6. The Morgan fingerprint density at radius 1 is 1.21 bits per heavy atom. The molecule has 24 heavy (non-hydrogen) atoms. The molecule has 0 bridgehead atoms. The van der Waals surface area contributed by atoms with Crippen molar-refractivity contribution in [1.29, 1.82) is 0 Å². The van der Waals surface area contributed by atoms with Gasteiger partial charge in [0.1, 0.15) is 0 Å². The van der Waals surface area contributed by atoms with Gasteiger partial charge in [0.05, 0.1) is 29.3 Å². The number of hydrogen-bond acceptors (Lipinski definition) is 3. The van der Waals surface area contributed by atoms with Gasteiger partial charge in [-0.2, -0.15) is 18.3 Å². The summed E-state index contributed by atoms with van der Waals surface area (Å²) in [6, 6.07) is 4.69. The fraction of sp³-hybridized carbons (Fsp3) is 0.375. The predicted octanol–water partition coefficient (Wildman–Crippen LogP) is 2.83. The number of anilines is 1. The van der Waals surface area contributed by atoms with Gasteiger partial charge >= 0.3 is 6.18 Å². The molecule has 0 unspecified atom stereocenters. The number of hydrogen-bond donors (Lipinski definition) is 2. The Kier molecular flexibility index (Phi) is 4.57. The lowest BCUT2D eigenvalue weighted by molar-refractivity contribution is -0.137. The highest BCUT2D eigenvalue weighted by Gasteiger charge is 2.30. The van der Waals surface area contributed by atoms with E-state index in [1.54, 1.807) is 6.20 Å². The van der Waals surface area contributed by atoms with Crippen LogP contribution in [0, 0.1) is 5.92 Å². The fourth-order valence-corrected chi connectivity index (χ4v) is 2.66. The van der Waals surface area contributed by atoms with Crippen molar-refractivity contribution in [1.82, 2.24) is 15.1 Å². The van der Waals surface area contributed by atoms with Crippen LogP contribution < -0.4 is 10.6 Å². The van der Waals surface area contributed by atoms with Crippen molar-refractivity contribution in [3.63, 3.8) is 0 Å². The lowest BCUT2D eigenvalue weighted by Crippen LogP contribution is -2.34. The Labute approximate surface area is 136 Å². The lowest BCUT2D eigenvalue weighted by Gasteiger charge is -2.21. The minimum Gasteiger partial charge on any atom is -0.323 e. The third-order valence-corrected chi connectivity index (χ3v) is 4.02. The molecule has 0 spiro atoms. The standard InChI is InChI=1S/C16H17F3N4O/c17-16(18,19)12-1-3-14(4-2-12)23-10-13(9-21-23)22-15(24)11-5-7-20-8-6-11/h1-4,9-11,20H,5-8H2,(H,22,24). The molecule has 1 aromatic carbocycles. The number of carbonyl (C=O) groups is 1. The zero-order valence-electron chi connectivity index (χ0n) is 12.8. The Morgan fingerprint density at radius 2 is 1.88 bits per heavy atom. The molecule has 1 aromatic heterocycles. The number of rotatable bonds is 3. The number of amides is 1. The largest absolute Gasteiger partial charge is 0.416 e. The van der Waals surface area contributed by atoms with Crippen molar-refractivity contribution in [2.45, 2.75) is 19.0 Å². The van der Waals surface area contributed by atoms with E-state index in [1.807, 2.05) is 0 Å². The van der Waals surface area contributed by atoms with E-state index in [-0.39, 0.29) is 11.8 Å². The van der Waals surface area contributed by atoms with Crippen molar-refractivity contribution < 1.29 is 18.0 Å². The molecule has 3 rings (SSSR count). The zero-order valence-corrected chi connectivity index (χ0v) is 12.8.